The first-order valence-electron chi connectivity index (χ1n) is 13.6. The van der Waals surface area contributed by atoms with Crippen LogP contribution in [0.1, 0.15) is 56.6 Å². The smallest absolute Gasteiger partial charge is 0.350 e. The number of aryl methyl sites for hydroxylation is 1. The van der Waals surface area contributed by atoms with Crippen LogP contribution in [0.25, 0.3) is 11.1 Å². The van der Waals surface area contributed by atoms with E-state index in [1.807, 2.05) is 0 Å². The van der Waals surface area contributed by atoms with E-state index in [0.29, 0.717) is 56.6 Å². The quantitative estimate of drug-likeness (QED) is 0.280. The molecule has 0 atom stereocenters. The number of hydrogen-bond donors (Lipinski definition) is 1. The fraction of sp³-hybridized carbons (Fsp3) is 0.483. The van der Waals surface area contributed by atoms with Crippen LogP contribution in [0, 0.1) is 24.5 Å². The number of halogens is 2. The van der Waals surface area contributed by atoms with E-state index in [1.54, 1.807) is 32.0 Å². The number of oxazole rings is 1. The number of carbonyl (C=O) groups excluding carboxylic acids is 2. The average molecular weight is 543 g/mol. The molecule has 1 N–H and O–H groups in total. The Labute approximate surface area is 225 Å². The monoisotopic (exact) mass is 542 g/mol. The number of hydroxylamine groups is 3. The Morgan fingerprint density at radius 3 is 2.56 bits per heavy atom. The number of esters is 1. The van der Waals surface area contributed by atoms with E-state index in [0.717, 1.165) is 18.4 Å². The topological polar surface area (TPSA) is 90.7 Å². The number of nitrogens with one attached hydrogen (secondary N) is 1. The van der Waals surface area contributed by atoms with Gasteiger partial charge in [-0.1, -0.05) is 12.1 Å². The number of amides is 1. The number of benzene rings is 2. The Hall–Kier alpha value is -3.37. The summed E-state index contributed by atoms with van der Waals surface area (Å²) < 4.78 is 39.8. The first kappa shape index (κ1) is 27.2. The molecule has 2 heterocycles. The highest BCUT2D eigenvalue weighted by Gasteiger charge is 2.45. The molecule has 39 heavy (non-hydrogen) atoms. The van der Waals surface area contributed by atoms with Crippen molar-refractivity contribution in [3.05, 3.63) is 53.1 Å². The lowest BCUT2D eigenvalue weighted by atomic mass is 9.87. The number of rotatable bonds is 8. The van der Waals surface area contributed by atoms with Crippen LogP contribution in [0.2, 0.25) is 0 Å². The second kappa shape index (κ2) is 11.4. The van der Waals surface area contributed by atoms with Crippen LogP contribution in [-0.2, 0) is 25.6 Å². The van der Waals surface area contributed by atoms with Gasteiger partial charge in [0.2, 0.25) is 0 Å². The van der Waals surface area contributed by atoms with Gasteiger partial charge in [0, 0.05) is 24.1 Å². The predicted molar refractivity (Wildman–Crippen MR) is 140 cm³/mol. The molecule has 0 radical (unpaired) electrons. The molecule has 0 unspecified atom stereocenters. The third-order valence-electron chi connectivity index (χ3n) is 7.75. The number of fused-ring (bicyclic) bond motifs is 1. The number of anilines is 2. The Balaban J connectivity index is 1.29. The van der Waals surface area contributed by atoms with Gasteiger partial charge in [-0.3, -0.25) is 4.79 Å². The first-order valence-corrected chi connectivity index (χ1v) is 13.6. The number of aromatic nitrogens is 1. The van der Waals surface area contributed by atoms with Crippen molar-refractivity contribution in [3.8, 4) is 0 Å². The lowest BCUT2D eigenvalue weighted by molar-refractivity contribution is -1.04. The number of ether oxygens (including phenoxy) is 1. The maximum atomic E-state index is 15.5. The van der Waals surface area contributed by atoms with Gasteiger partial charge in [0.15, 0.2) is 11.4 Å². The van der Waals surface area contributed by atoms with Crippen LogP contribution in [0.4, 0.5) is 20.5 Å². The second-order valence-electron chi connectivity index (χ2n) is 10.4. The van der Waals surface area contributed by atoms with Crippen LogP contribution in [-0.4, -0.2) is 47.3 Å². The minimum atomic E-state index is -0.648. The van der Waals surface area contributed by atoms with Gasteiger partial charge in [-0.25, -0.2) is 13.6 Å². The van der Waals surface area contributed by atoms with E-state index in [1.165, 1.54) is 12.1 Å². The van der Waals surface area contributed by atoms with E-state index in [2.05, 4.69) is 10.3 Å². The molecule has 1 amide bonds. The van der Waals surface area contributed by atoms with Gasteiger partial charge < -0.3 is 14.5 Å². The third-order valence-corrected chi connectivity index (χ3v) is 7.75. The molecular weight excluding hydrogens is 508 g/mol. The summed E-state index contributed by atoms with van der Waals surface area (Å²) in [6, 6.07) is 7.48. The highest BCUT2D eigenvalue weighted by Crippen LogP contribution is 2.33. The summed E-state index contributed by atoms with van der Waals surface area (Å²) in [5, 5.41) is 2.90. The summed E-state index contributed by atoms with van der Waals surface area (Å²) in [6.07, 6.45) is 4.10. The Morgan fingerprint density at radius 1 is 1.10 bits per heavy atom. The van der Waals surface area contributed by atoms with Crippen molar-refractivity contribution in [1.29, 1.82) is 0 Å². The van der Waals surface area contributed by atoms with Crippen molar-refractivity contribution in [3.63, 3.8) is 0 Å². The van der Waals surface area contributed by atoms with Crippen molar-refractivity contribution in [1.82, 2.24) is 4.98 Å². The second-order valence-corrected chi connectivity index (χ2v) is 10.4. The van der Waals surface area contributed by atoms with Crippen LogP contribution < -0.4 is 5.32 Å². The molecule has 2 aromatic carbocycles. The fourth-order valence-electron chi connectivity index (χ4n) is 5.55. The maximum absolute atomic E-state index is 15.5. The summed E-state index contributed by atoms with van der Waals surface area (Å²) in [6.45, 7) is 5.06. The molecule has 1 aliphatic carbocycles. The Kier molecular flexibility index (Phi) is 7.95. The first-order chi connectivity index (χ1) is 18.8. The number of nitrogens with zero attached hydrogens (tertiary/aromatic N) is 2. The molecule has 2 aliphatic rings. The standard InChI is InChI=1S/C29H34F2N3O5/c1-3-37-28(36)19-7-11-22(12-8-19)39-34(14-4-5-15-34)25(35)16-20-9-13-23-27(26(20)31)38-29(32-23)33-24-17-21(30)10-6-18(24)2/h6,9-10,13,17,19,22H,3-5,7-8,11-12,14-16H2,1-2H3,(H,32,33)/q+1. The molecule has 0 bridgehead atoms. The highest BCUT2D eigenvalue weighted by molar-refractivity contribution is 5.80. The van der Waals surface area contributed by atoms with Gasteiger partial charge in [0.25, 0.3) is 6.01 Å². The molecule has 10 heteroatoms. The number of hydrogen-bond acceptors (Lipinski definition) is 7. The van der Waals surface area contributed by atoms with E-state index in [4.69, 9.17) is 14.0 Å². The third kappa shape index (κ3) is 5.81. The SMILES string of the molecule is CCOC(=O)C1CCC(O[N+]2(C(=O)Cc3ccc4nc(Nc5cc(F)ccc5C)oc4c3F)CCCC2)CC1. The van der Waals surface area contributed by atoms with Crippen molar-refractivity contribution < 1.29 is 37.0 Å². The Morgan fingerprint density at radius 2 is 1.85 bits per heavy atom. The predicted octanol–water partition coefficient (Wildman–Crippen LogP) is 5.89. The molecule has 1 aliphatic heterocycles. The molecular formula is C29H34F2N3O5+. The summed E-state index contributed by atoms with van der Waals surface area (Å²) in [4.78, 5) is 36.4. The molecule has 3 aromatic rings. The summed E-state index contributed by atoms with van der Waals surface area (Å²) in [7, 11) is 0. The molecule has 0 spiro atoms. The van der Waals surface area contributed by atoms with Crippen LogP contribution >= 0.6 is 0 Å². The molecule has 1 saturated heterocycles. The lowest BCUT2D eigenvalue weighted by Crippen LogP contribution is -2.53. The zero-order chi connectivity index (χ0) is 27.6. The van der Waals surface area contributed by atoms with Gasteiger partial charge in [-0.15, -0.1) is 4.65 Å². The fourth-order valence-corrected chi connectivity index (χ4v) is 5.55. The van der Waals surface area contributed by atoms with E-state index < -0.39 is 11.6 Å². The normalized spacial score (nSPS) is 20.7. The van der Waals surface area contributed by atoms with Crippen molar-refractivity contribution in [2.75, 3.05) is 25.0 Å². The van der Waals surface area contributed by atoms with Crippen molar-refractivity contribution in [2.24, 2.45) is 5.92 Å². The molecule has 1 aromatic heterocycles. The van der Waals surface area contributed by atoms with Crippen LogP contribution in [0.15, 0.2) is 34.7 Å². The Bertz CT molecular complexity index is 1360. The molecule has 5 rings (SSSR count). The van der Waals surface area contributed by atoms with Crippen molar-refractivity contribution >= 4 is 34.7 Å². The minimum Gasteiger partial charge on any atom is -0.466 e. The van der Waals surface area contributed by atoms with Gasteiger partial charge >= 0.3 is 11.9 Å². The number of quaternary nitrogens is 1. The highest BCUT2D eigenvalue weighted by atomic mass is 19.1. The van der Waals surface area contributed by atoms with Gasteiger partial charge in [0.1, 0.15) is 30.5 Å². The minimum absolute atomic E-state index is 0.0332. The molecule has 1 saturated carbocycles. The van der Waals surface area contributed by atoms with Gasteiger partial charge in [0.05, 0.1) is 18.9 Å². The molecule has 2 fully saturated rings. The van der Waals surface area contributed by atoms with E-state index >= 15 is 4.39 Å². The lowest BCUT2D eigenvalue weighted by Gasteiger charge is -2.35. The zero-order valence-electron chi connectivity index (χ0n) is 22.3. The average Bonchev–Trinajstić information content (AvgIpc) is 3.56. The molecule has 208 valence electrons. The van der Waals surface area contributed by atoms with Crippen LogP contribution in [0.5, 0.6) is 0 Å². The number of likely N-dealkylation sites (tertiary alicyclic amines) is 1. The summed E-state index contributed by atoms with van der Waals surface area (Å²) in [5.74, 6) is -1.56. The largest absolute Gasteiger partial charge is 0.466 e. The summed E-state index contributed by atoms with van der Waals surface area (Å²) in [5.41, 5.74) is 1.67. The maximum Gasteiger partial charge on any atom is 0.350 e. The number of carbonyl (C=O) groups is 2. The van der Waals surface area contributed by atoms with Gasteiger partial charge in [-0.05, 0) is 63.3 Å². The summed E-state index contributed by atoms with van der Waals surface area (Å²) >= 11 is 0. The van der Waals surface area contributed by atoms with E-state index in [-0.39, 0.29) is 52.1 Å². The van der Waals surface area contributed by atoms with Gasteiger partial charge in [-0.2, -0.15) is 9.82 Å². The molecule has 8 nitrogen and oxygen atoms in total. The van der Waals surface area contributed by atoms with Crippen molar-refractivity contribution in [2.45, 2.75) is 64.9 Å². The van der Waals surface area contributed by atoms with Crippen LogP contribution in [0.3, 0.4) is 0 Å². The zero-order valence-corrected chi connectivity index (χ0v) is 22.3. The van der Waals surface area contributed by atoms with E-state index in [9.17, 15) is 14.0 Å².